The second-order valence-corrected chi connectivity index (χ2v) is 8.07. The van der Waals surface area contributed by atoms with Crippen LogP contribution in [0.1, 0.15) is 26.3 Å². The van der Waals surface area contributed by atoms with Gasteiger partial charge in [0.05, 0.1) is 5.75 Å². The maximum Gasteiger partial charge on any atom is 0.242 e. The van der Waals surface area contributed by atoms with Crippen LogP contribution in [0.3, 0.4) is 0 Å². The standard InChI is InChI=1S/C21H25ClN2O2S/c1-15(2)23-21(26)16(3)24(13-17-9-11-18(22)12-10-17)20(25)14-27-19-7-5-4-6-8-19/h4-12,15-16H,13-14H2,1-3H3,(H,23,26)/t16-/m1/s1. The maximum atomic E-state index is 12.9. The molecule has 0 aliphatic carbocycles. The molecule has 6 heteroatoms. The molecular weight excluding hydrogens is 380 g/mol. The van der Waals surface area contributed by atoms with E-state index in [0.717, 1.165) is 10.5 Å². The molecule has 2 aromatic carbocycles. The van der Waals surface area contributed by atoms with E-state index in [9.17, 15) is 9.59 Å². The molecule has 0 heterocycles. The lowest BCUT2D eigenvalue weighted by molar-refractivity contribution is -0.138. The normalized spacial score (nSPS) is 11.9. The highest BCUT2D eigenvalue weighted by molar-refractivity contribution is 8.00. The second kappa shape index (κ2) is 10.4. The molecule has 2 aromatic rings. The van der Waals surface area contributed by atoms with Gasteiger partial charge in [-0.2, -0.15) is 0 Å². The minimum absolute atomic E-state index is 0.0196. The molecule has 0 saturated heterocycles. The van der Waals surface area contributed by atoms with Crippen LogP contribution < -0.4 is 5.32 Å². The van der Waals surface area contributed by atoms with Crippen molar-refractivity contribution in [1.29, 1.82) is 0 Å². The number of thioether (sulfide) groups is 1. The first kappa shape index (κ1) is 21.3. The lowest BCUT2D eigenvalue weighted by atomic mass is 10.1. The third-order valence-electron chi connectivity index (χ3n) is 3.97. The predicted molar refractivity (Wildman–Crippen MR) is 112 cm³/mol. The zero-order valence-corrected chi connectivity index (χ0v) is 17.4. The van der Waals surface area contributed by atoms with Crippen LogP contribution in [0, 0.1) is 0 Å². The molecule has 2 rings (SSSR count). The van der Waals surface area contributed by atoms with E-state index in [2.05, 4.69) is 5.32 Å². The lowest BCUT2D eigenvalue weighted by Crippen LogP contribution is -2.49. The molecule has 0 fully saturated rings. The summed E-state index contributed by atoms with van der Waals surface area (Å²) in [6.07, 6.45) is 0. The van der Waals surface area contributed by atoms with Gasteiger partial charge in [0.25, 0.3) is 0 Å². The van der Waals surface area contributed by atoms with Gasteiger partial charge in [-0.15, -0.1) is 11.8 Å². The summed E-state index contributed by atoms with van der Waals surface area (Å²) in [6.45, 7) is 5.93. The van der Waals surface area contributed by atoms with Crippen molar-refractivity contribution in [3.8, 4) is 0 Å². The Kier molecular flexibility index (Phi) is 8.20. The van der Waals surface area contributed by atoms with Crippen LogP contribution in [0.4, 0.5) is 0 Å². The summed E-state index contributed by atoms with van der Waals surface area (Å²) in [5.41, 5.74) is 0.932. The number of hydrogen-bond acceptors (Lipinski definition) is 3. The van der Waals surface area contributed by atoms with E-state index in [1.54, 1.807) is 24.0 Å². The van der Waals surface area contributed by atoms with Gasteiger partial charge in [0.1, 0.15) is 6.04 Å². The van der Waals surface area contributed by atoms with E-state index in [1.165, 1.54) is 11.8 Å². The summed E-state index contributed by atoms with van der Waals surface area (Å²) < 4.78 is 0. The molecule has 0 radical (unpaired) electrons. The molecule has 27 heavy (non-hydrogen) atoms. The maximum absolute atomic E-state index is 12.9. The number of halogens is 1. The summed E-state index contributed by atoms with van der Waals surface area (Å²) in [4.78, 5) is 28.1. The van der Waals surface area contributed by atoms with Crippen LogP contribution in [0.5, 0.6) is 0 Å². The number of rotatable bonds is 8. The number of carbonyl (C=O) groups excluding carboxylic acids is 2. The van der Waals surface area contributed by atoms with Gasteiger partial charge in [0, 0.05) is 22.5 Å². The SMILES string of the molecule is CC(C)NC(=O)[C@@H](C)N(Cc1ccc(Cl)cc1)C(=O)CSc1ccccc1. The Morgan fingerprint density at radius 3 is 2.26 bits per heavy atom. The van der Waals surface area contributed by atoms with Crippen molar-refractivity contribution in [1.82, 2.24) is 10.2 Å². The van der Waals surface area contributed by atoms with Crippen LogP contribution in [0.15, 0.2) is 59.5 Å². The fourth-order valence-electron chi connectivity index (χ4n) is 2.52. The molecule has 0 bridgehead atoms. The zero-order chi connectivity index (χ0) is 19.8. The molecule has 2 amide bonds. The first-order chi connectivity index (χ1) is 12.9. The van der Waals surface area contributed by atoms with Gasteiger partial charge in [-0.05, 0) is 50.6 Å². The fraction of sp³-hybridized carbons (Fsp3) is 0.333. The average molecular weight is 405 g/mol. The number of hydrogen-bond donors (Lipinski definition) is 1. The van der Waals surface area contributed by atoms with Crippen LogP contribution >= 0.6 is 23.4 Å². The van der Waals surface area contributed by atoms with Gasteiger partial charge < -0.3 is 10.2 Å². The first-order valence-corrected chi connectivity index (χ1v) is 10.3. The molecule has 0 aromatic heterocycles. The number of nitrogens with zero attached hydrogens (tertiary/aromatic N) is 1. The van der Waals surface area contributed by atoms with Crippen molar-refractivity contribution in [2.45, 2.75) is 44.3 Å². The van der Waals surface area contributed by atoms with Crippen molar-refractivity contribution in [3.63, 3.8) is 0 Å². The molecule has 0 aliphatic heterocycles. The Hall–Kier alpha value is -1.98. The van der Waals surface area contributed by atoms with E-state index in [-0.39, 0.29) is 23.6 Å². The Labute approximate surface area is 170 Å². The molecule has 1 atom stereocenters. The summed E-state index contributed by atoms with van der Waals surface area (Å²) in [5, 5.41) is 3.53. The molecule has 0 saturated carbocycles. The van der Waals surface area contributed by atoms with Crippen LogP contribution in [-0.2, 0) is 16.1 Å². The monoisotopic (exact) mass is 404 g/mol. The van der Waals surface area contributed by atoms with E-state index >= 15 is 0 Å². The Morgan fingerprint density at radius 1 is 1.04 bits per heavy atom. The van der Waals surface area contributed by atoms with Gasteiger partial charge >= 0.3 is 0 Å². The van der Waals surface area contributed by atoms with Gasteiger partial charge in [-0.3, -0.25) is 9.59 Å². The van der Waals surface area contributed by atoms with E-state index in [0.29, 0.717) is 11.6 Å². The zero-order valence-electron chi connectivity index (χ0n) is 15.8. The second-order valence-electron chi connectivity index (χ2n) is 6.59. The van der Waals surface area contributed by atoms with Gasteiger partial charge in [-0.25, -0.2) is 0 Å². The molecule has 4 nitrogen and oxygen atoms in total. The van der Waals surface area contributed by atoms with Crippen molar-refractivity contribution in [3.05, 3.63) is 65.2 Å². The Balaban J connectivity index is 2.12. The van der Waals surface area contributed by atoms with Crippen molar-refractivity contribution in [2.75, 3.05) is 5.75 Å². The smallest absolute Gasteiger partial charge is 0.242 e. The topological polar surface area (TPSA) is 49.4 Å². The summed E-state index contributed by atoms with van der Waals surface area (Å²) in [7, 11) is 0. The minimum Gasteiger partial charge on any atom is -0.352 e. The molecule has 0 aliphatic rings. The molecular formula is C21H25ClN2O2S. The van der Waals surface area contributed by atoms with Crippen molar-refractivity contribution < 1.29 is 9.59 Å². The number of amides is 2. The highest BCUT2D eigenvalue weighted by atomic mass is 35.5. The summed E-state index contributed by atoms with van der Waals surface area (Å²) in [5.74, 6) is 0.0407. The summed E-state index contributed by atoms with van der Waals surface area (Å²) in [6, 6.07) is 16.5. The van der Waals surface area contributed by atoms with Gasteiger partial charge in [0.2, 0.25) is 11.8 Å². The average Bonchev–Trinajstić information content (AvgIpc) is 2.65. The van der Waals surface area contributed by atoms with E-state index in [4.69, 9.17) is 11.6 Å². The Bertz CT molecular complexity index is 751. The third kappa shape index (κ3) is 6.92. The minimum atomic E-state index is -0.563. The summed E-state index contributed by atoms with van der Waals surface area (Å²) >= 11 is 7.42. The fourth-order valence-corrected chi connectivity index (χ4v) is 3.45. The van der Waals surface area contributed by atoms with Crippen molar-refractivity contribution >= 4 is 35.2 Å². The molecule has 1 N–H and O–H groups in total. The van der Waals surface area contributed by atoms with Crippen LogP contribution in [0.25, 0.3) is 0 Å². The Morgan fingerprint density at radius 2 is 1.67 bits per heavy atom. The highest BCUT2D eigenvalue weighted by Crippen LogP contribution is 2.20. The van der Waals surface area contributed by atoms with Crippen LogP contribution in [0.2, 0.25) is 5.02 Å². The number of carbonyl (C=O) groups is 2. The molecule has 0 spiro atoms. The van der Waals surface area contributed by atoms with E-state index < -0.39 is 6.04 Å². The first-order valence-electron chi connectivity index (χ1n) is 8.89. The lowest BCUT2D eigenvalue weighted by Gasteiger charge is -2.29. The number of benzene rings is 2. The van der Waals surface area contributed by atoms with E-state index in [1.807, 2.05) is 56.3 Å². The van der Waals surface area contributed by atoms with Crippen molar-refractivity contribution in [2.24, 2.45) is 0 Å². The highest BCUT2D eigenvalue weighted by Gasteiger charge is 2.26. The quantitative estimate of drug-likeness (QED) is 0.664. The molecule has 0 unspecified atom stereocenters. The van der Waals surface area contributed by atoms with Gasteiger partial charge in [0.15, 0.2) is 0 Å². The van der Waals surface area contributed by atoms with Crippen LogP contribution in [-0.4, -0.2) is 34.6 Å². The largest absolute Gasteiger partial charge is 0.352 e. The number of nitrogens with one attached hydrogen (secondary N) is 1. The predicted octanol–water partition coefficient (Wildman–Crippen LogP) is 4.37. The third-order valence-corrected chi connectivity index (χ3v) is 5.22. The van der Waals surface area contributed by atoms with Gasteiger partial charge in [-0.1, -0.05) is 41.9 Å². The molecule has 144 valence electrons.